The van der Waals surface area contributed by atoms with Crippen molar-refractivity contribution in [3.8, 4) is 0 Å². The number of carbonyl (C=O) groups excluding carboxylic acids is 1. The van der Waals surface area contributed by atoms with Crippen LogP contribution >= 0.6 is 0 Å². The minimum absolute atomic E-state index is 0.0368. The fourth-order valence-corrected chi connectivity index (χ4v) is 3.89. The molecule has 2 aromatic rings. The van der Waals surface area contributed by atoms with Crippen LogP contribution in [0.2, 0.25) is 0 Å². The van der Waals surface area contributed by atoms with Crippen molar-refractivity contribution in [3.63, 3.8) is 0 Å². The second-order valence-electron chi connectivity index (χ2n) is 8.04. The number of likely N-dealkylation sites (N-methyl/N-ethyl adjacent to an activating group) is 1. The third kappa shape index (κ3) is 5.37. The number of benzene rings is 2. The van der Waals surface area contributed by atoms with E-state index >= 15 is 0 Å². The highest BCUT2D eigenvalue weighted by molar-refractivity contribution is 6.00. The zero-order valence-electron chi connectivity index (χ0n) is 17.7. The van der Waals surface area contributed by atoms with Gasteiger partial charge in [-0.2, -0.15) is 0 Å². The number of hydrogen-bond donors (Lipinski definition) is 2. The van der Waals surface area contributed by atoms with Gasteiger partial charge in [0.25, 0.3) is 5.91 Å². The highest BCUT2D eigenvalue weighted by Gasteiger charge is 2.27. The van der Waals surface area contributed by atoms with E-state index < -0.39 is 0 Å². The number of β-amino-alcohol motifs (C(OH)–C–C–N with tert-alkyl or cyclic N) is 1. The number of para-hydroxylation sites is 1. The third-order valence-electron chi connectivity index (χ3n) is 5.85. The van der Waals surface area contributed by atoms with Gasteiger partial charge in [0.05, 0.1) is 17.7 Å². The molecule has 3 atom stereocenters. The predicted octanol–water partition coefficient (Wildman–Crippen LogP) is 3.46. The molecule has 0 saturated carbocycles. The van der Waals surface area contributed by atoms with E-state index in [2.05, 4.69) is 53.4 Å². The van der Waals surface area contributed by atoms with Crippen LogP contribution in [0.5, 0.6) is 0 Å². The highest BCUT2D eigenvalue weighted by atomic mass is 16.3. The van der Waals surface area contributed by atoms with Crippen LogP contribution in [-0.4, -0.2) is 54.7 Å². The van der Waals surface area contributed by atoms with Gasteiger partial charge in [-0.05, 0) is 37.5 Å². The number of rotatable bonds is 8. The van der Waals surface area contributed by atoms with Crippen LogP contribution in [0.4, 0.5) is 5.69 Å². The van der Waals surface area contributed by atoms with Crippen molar-refractivity contribution < 1.29 is 9.90 Å². The maximum absolute atomic E-state index is 12.9. The molecular formula is C24H33N3O2. The van der Waals surface area contributed by atoms with Crippen molar-refractivity contribution in [1.29, 1.82) is 0 Å². The lowest BCUT2D eigenvalue weighted by atomic mass is 10.0. The molecule has 29 heavy (non-hydrogen) atoms. The number of carbonyl (C=O) groups is 1. The van der Waals surface area contributed by atoms with E-state index in [1.807, 2.05) is 37.3 Å². The van der Waals surface area contributed by atoms with Crippen LogP contribution in [0.15, 0.2) is 54.6 Å². The van der Waals surface area contributed by atoms with E-state index in [9.17, 15) is 9.90 Å². The van der Waals surface area contributed by atoms with Crippen LogP contribution in [-0.2, 0) is 0 Å². The molecule has 0 aliphatic carbocycles. The number of aliphatic hydroxyl groups is 1. The molecular weight excluding hydrogens is 362 g/mol. The predicted molar refractivity (Wildman–Crippen MR) is 118 cm³/mol. The van der Waals surface area contributed by atoms with Gasteiger partial charge in [-0.25, -0.2) is 0 Å². The normalized spacial score (nSPS) is 19.0. The Hall–Kier alpha value is -2.37. The van der Waals surface area contributed by atoms with Gasteiger partial charge in [0.1, 0.15) is 0 Å². The van der Waals surface area contributed by atoms with Gasteiger partial charge < -0.3 is 15.3 Å². The zero-order valence-corrected chi connectivity index (χ0v) is 17.7. The first-order chi connectivity index (χ1) is 14.0. The van der Waals surface area contributed by atoms with Gasteiger partial charge >= 0.3 is 0 Å². The van der Waals surface area contributed by atoms with Crippen molar-refractivity contribution >= 4 is 11.6 Å². The van der Waals surface area contributed by atoms with Crippen LogP contribution in [0.25, 0.3) is 0 Å². The summed E-state index contributed by atoms with van der Waals surface area (Å²) < 4.78 is 0. The van der Waals surface area contributed by atoms with Gasteiger partial charge in [0, 0.05) is 38.4 Å². The Morgan fingerprint density at radius 1 is 1.21 bits per heavy atom. The molecule has 5 nitrogen and oxygen atoms in total. The van der Waals surface area contributed by atoms with E-state index in [-0.39, 0.29) is 24.1 Å². The Bertz CT molecular complexity index is 796. The van der Waals surface area contributed by atoms with E-state index in [0.29, 0.717) is 12.1 Å². The number of anilines is 1. The van der Waals surface area contributed by atoms with Crippen LogP contribution in [0.1, 0.15) is 48.7 Å². The Labute approximate surface area is 174 Å². The third-order valence-corrected chi connectivity index (χ3v) is 5.85. The zero-order chi connectivity index (χ0) is 20.8. The minimum atomic E-state index is -0.245. The minimum Gasteiger partial charge on any atom is -0.392 e. The Morgan fingerprint density at radius 2 is 1.90 bits per heavy atom. The van der Waals surface area contributed by atoms with Crippen molar-refractivity contribution in [2.75, 3.05) is 31.6 Å². The van der Waals surface area contributed by atoms with Crippen LogP contribution < -0.4 is 10.2 Å². The fraction of sp³-hybridized carbons (Fsp3) is 0.458. The molecule has 1 saturated heterocycles. The second-order valence-corrected chi connectivity index (χ2v) is 8.04. The summed E-state index contributed by atoms with van der Waals surface area (Å²) in [5, 5.41) is 13.0. The molecule has 2 N–H and O–H groups in total. The molecule has 5 heteroatoms. The number of aliphatic hydroxyl groups excluding tert-OH is 1. The van der Waals surface area contributed by atoms with E-state index in [4.69, 9.17) is 0 Å². The van der Waals surface area contributed by atoms with Crippen molar-refractivity contribution in [1.82, 2.24) is 10.2 Å². The summed E-state index contributed by atoms with van der Waals surface area (Å²) in [4.78, 5) is 17.4. The fourth-order valence-electron chi connectivity index (χ4n) is 3.89. The summed E-state index contributed by atoms with van der Waals surface area (Å²) in [5.74, 6) is -0.0368. The maximum atomic E-state index is 12.9. The second kappa shape index (κ2) is 9.90. The molecule has 0 bridgehead atoms. The Kier molecular flexibility index (Phi) is 7.29. The lowest BCUT2D eigenvalue weighted by molar-refractivity contribution is 0.0939. The largest absolute Gasteiger partial charge is 0.392 e. The number of amides is 1. The first-order valence-corrected chi connectivity index (χ1v) is 10.6. The Balaban J connectivity index is 1.89. The lowest BCUT2D eigenvalue weighted by Crippen LogP contribution is -2.38. The number of hydrogen-bond acceptors (Lipinski definition) is 4. The smallest absolute Gasteiger partial charge is 0.253 e. The standard InChI is InChI=1S/C24H33N3O2/c1-4-18(2)25-24(29)21-12-8-9-13-22(21)26(3)23(19-10-6-5-7-11-19)17-27-15-14-20(28)16-27/h5-13,18,20,23,28H,4,14-17H2,1-3H3,(H,25,29). The summed E-state index contributed by atoms with van der Waals surface area (Å²) >= 11 is 0. The Morgan fingerprint density at radius 3 is 2.55 bits per heavy atom. The number of nitrogens with one attached hydrogen (secondary N) is 1. The molecule has 3 rings (SSSR count). The average molecular weight is 396 g/mol. The van der Waals surface area contributed by atoms with Crippen LogP contribution in [0, 0.1) is 0 Å². The van der Waals surface area contributed by atoms with Gasteiger partial charge in [-0.3, -0.25) is 9.69 Å². The molecule has 156 valence electrons. The molecule has 3 unspecified atom stereocenters. The molecule has 1 heterocycles. The molecule has 2 aromatic carbocycles. The summed E-state index contributed by atoms with van der Waals surface area (Å²) in [7, 11) is 2.06. The van der Waals surface area contributed by atoms with Crippen molar-refractivity contribution in [3.05, 3.63) is 65.7 Å². The van der Waals surface area contributed by atoms with Crippen molar-refractivity contribution in [2.45, 2.75) is 44.9 Å². The summed E-state index contributed by atoms with van der Waals surface area (Å²) in [5.41, 5.74) is 2.81. The van der Waals surface area contributed by atoms with Gasteiger partial charge in [0.15, 0.2) is 0 Å². The molecule has 1 aliphatic rings. The van der Waals surface area contributed by atoms with Crippen LogP contribution in [0.3, 0.4) is 0 Å². The topological polar surface area (TPSA) is 55.8 Å². The van der Waals surface area contributed by atoms with E-state index in [0.717, 1.165) is 31.6 Å². The van der Waals surface area contributed by atoms with Crippen molar-refractivity contribution in [2.24, 2.45) is 0 Å². The first-order valence-electron chi connectivity index (χ1n) is 10.6. The van der Waals surface area contributed by atoms with E-state index in [1.54, 1.807) is 0 Å². The molecule has 0 aromatic heterocycles. The lowest BCUT2D eigenvalue weighted by Gasteiger charge is -2.34. The van der Waals surface area contributed by atoms with E-state index in [1.165, 1.54) is 5.56 Å². The first kappa shape index (κ1) is 21.3. The summed E-state index contributed by atoms with van der Waals surface area (Å²) in [6, 6.07) is 18.4. The number of likely N-dealkylation sites (tertiary alicyclic amines) is 1. The summed E-state index contributed by atoms with van der Waals surface area (Å²) in [6.07, 6.45) is 1.47. The monoisotopic (exact) mass is 395 g/mol. The molecule has 0 radical (unpaired) electrons. The van der Waals surface area contributed by atoms with Gasteiger partial charge in [-0.1, -0.05) is 49.4 Å². The van der Waals surface area contributed by atoms with Gasteiger partial charge in [-0.15, -0.1) is 0 Å². The number of nitrogens with zero attached hydrogens (tertiary/aromatic N) is 2. The molecule has 1 fully saturated rings. The maximum Gasteiger partial charge on any atom is 0.253 e. The molecule has 1 amide bonds. The molecule has 0 spiro atoms. The quantitative estimate of drug-likeness (QED) is 0.719. The highest BCUT2D eigenvalue weighted by Crippen LogP contribution is 2.30. The SMILES string of the molecule is CCC(C)NC(=O)c1ccccc1N(C)C(CN1CCC(O)C1)c1ccccc1. The average Bonchev–Trinajstić information content (AvgIpc) is 3.16. The molecule has 1 aliphatic heterocycles. The van der Waals surface area contributed by atoms with Gasteiger partial charge in [0.2, 0.25) is 0 Å². The summed E-state index contributed by atoms with van der Waals surface area (Å²) in [6.45, 7) is 6.50.